The van der Waals surface area contributed by atoms with Crippen LogP contribution >= 0.6 is 11.3 Å². The maximum Gasteiger partial charge on any atom is 0.315 e. The topological polar surface area (TPSA) is 54.0 Å². The lowest BCUT2D eigenvalue weighted by Crippen LogP contribution is -2.36. The van der Waals surface area contributed by atoms with Gasteiger partial charge >= 0.3 is 6.03 Å². The van der Waals surface area contributed by atoms with E-state index in [2.05, 4.69) is 28.6 Å². The second-order valence-electron chi connectivity index (χ2n) is 4.23. The van der Waals surface area contributed by atoms with E-state index in [9.17, 15) is 4.79 Å². The molecule has 5 heteroatoms. The minimum Gasteiger partial charge on any atom is -0.338 e. The first-order chi connectivity index (χ1) is 9.24. The number of nitrogens with one attached hydrogen (secondary N) is 2. The van der Waals surface area contributed by atoms with Crippen LogP contribution in [0.2, 0.25) is 0 Å². The molecule has 0 radical (unpaired) electrons. The lowest BCUT2D eigenvalue weighted by molar-refractivity contribution is 0.240. The van der Waals surface area contributed by atoms with Gasteiger partial charge in [-0.3, -0.25) is 4.98 Å². The molecule has 0 spiro atoms. The highest BCUT2D eigenvalue weighted by Gasteiger charge is 2.01. The number of pyridine rings is 1. The van der Waals surface area contributed by atoms with Crippen LogP contribution in [0.3, 0.4) is 0 Å². The van der Waals surface area contributed by atoms with Crippen molar-refractivity contribution in [3.8, 4) is 0 Å². The SMILES string of the molecule is Cc1ccc(CNC(=O)NCCc2cccnc2)s1. The van der Waals surface area contributed by atoms with Crippen molar-refractivity contribution in [3.63, 3.8) is 0 Å². The molecule has 0 aromatic carbocycles. The van der Waals surface area contributed by atoms with Gasteiger partial charge < -0.3 is 10.6 Å². The fourth-order valence-electron chi connectivity index (χ4n) is 1.68. The zero-order valence-corrected chi connectivity index (χ0v) is 11.7. The molecular weight excluding hydrogens is 258 g/mol. The van der Waals surface area contributed by atoms with Crippen LogP contribution in [0.4, 0.5) is 4.79 Å². The van der Waals surface area contributed by atoms with Crippen LogP contribution in [-0.4, -0.2) is 17.6 Å². The highest BCUT2D eigenvalue weighted by Crippen LogP contribution is 2.14. The van der Waals surface area contributed by atoms with E-state index in [0.717, 1.165) is 12.0 Å². The molecule has 2 aromatic heterocycles. The second kappa shape index (κ2) is 6.89. The minimum absolute atomic E-state index is 0.130. The number of aryl methyl sites for hydroxylation is 1. The van der Waals surface area contributed by atoms with Gasteiger partial charge in [0.1, 0.15) is 0 Å². The Bertz CT molecular complexity index is 524. The molecule has 0 bridgehead atoms. The third kappa shape index (κ3) is 4.71. The van der Waals surface area contributed by atoms with Crippen molar-refractivity contribution in [2.24, 2.45) is 0 Å². The maximum atomic E-state index is 11.6. The fraction of sp³-hybridized carbons (Fsp3) is 0.286. The Morgan fingerprint density at radius 3 is 2.89 bits per heavy atom. The first-order valence-electron chi connectivity index (χ1n) is 6.20. The van der Waals surface area contributed by atoms with Crippen LogP contribution in [0.15, 0.2) is 36.7 Å². The number of amides is 2. The third-order valence-electron chi connectivity index (χ3n) is 2.64. The molecule has 0 saturated heterocycles. The van der Waals surface area contributed by atoms with Crippen LogP contribution in [0.25, 0.3) is 0 Å². The molecule has 4 nitrogen and oxygen atoms in total. The Kier molecular flexibility index (Phi) is 4.92. The number of aromatic nitrogens is 1. The van der Waals surface area contributed by atoms with Crippen molar-refractivity contribution >= 4 is 17.4 Å². The van der Waals surface area contributed by atoms with Gasteiger partial charge in [0.25, 0.3) is 0 Å². The molecule has 0 atom stereocenters. The van der Waals surface area contributed by atoms with Crippen molar-refractivity contribution in [1.29, 1.82) is 0 Å². The van der Waals surface area contributed by atoms with Gasteiger partial charge in [-0.25, -0.2) is 4.79 Å². The average molecular weight is 275 g/mol. The highest BCUT2D eigenvalue weighted by atomic mass is 32.1. The molecule has 0 aliphatic rings. The van der Waals surface area contributed by atoms with Crippen molar-refractivity contribution < 1.29 is 4.79 Å². The molecule has 0 unspecified atom stereocenters. The summed E-state index contributed by atoms with van der Waals surface area (Å²) in [7, 11) is 0. The van der Waals surface area contributed by atoms with Crippen LogP contribution in [0.1, 0.15) is 15.3 Å². The summed E-state index contributed by atoms with van der Waals surface area (Å²) < 4.78 is 0. The van der Waals surface area contributed by atoms with Crippen LogP contribution in [-0.2, 0) is 13.0 Å². The van der Waals surface area contributed by atoms with Crippen molar-refractivity contribution in [1.82, 2.24) is 15.6 Å². The van der Waals surface area contributed by atoms with Gasteiger partial charge in [-0.15, -0.1) is 11.3 Å². The summed E-state index contributed by atoms with van der Waals surface area (Å²) in [4.78, 5) is 18.0. The summed E-state index contributed by atoms with van der Waals surface area (Å²) in [6, 6.07) is 7.86. The van der Waals surface area contributed by atoms with Crippen molar-refractivity contribution in [3.05, 3.63) is 52.0 Å². The van der Waals surface area contributed by atoms with Gasteiger partial charge in [0, 0.05) is 28.7 Å². The largest absolute Gasteiger partial charge is 0.338 e. The van der Waals surface area contributed by atoms with E-state index in [-0.39, 0.29) is 6.03 Å². The predicted molar refractivity (Wildman–Crippen MR) is 77.2 cm³/mol. The molecule has 19 heavy (non-hydrogen) atoms. The van der Waals surface area contributed by atoms with E-state index >= 15 is 0 Å². The summed E-state index contributed by atoms with van der Waals surface area (Å²) in [6.45, 7) is 3.25. The summed E-state index contributed by atoms with van der Waals surface area (Å²) in [5.74, 6) is 0. The molecule has 2 heterocycles. The number of carbonyl (C=O) groups excluding carboxylic acids is 1. The second-order valence-corrected chi connectivity index (χ2v) is 5.61. The molecule has 0 fully saturated rings. The number of nitrogens with zero attached hydrogens (tertiary/aromatic N) is 1. The number of urea groups is 1. The van der Waals surface area contributed by atoms with Gasteiger partial charge in [0.05, 0.1) is 6.54 Å². The first kappa shape index (κ1) is 13.5. The lowest BCUT2D eigenvalue weighted by atomic mass is 10.2. The summed E-state index contributed by atoms with van der Waals surface area (Å²) in [5, 5.41) is 5.68. The van der Waals surface area contributed by atoms with E-state index in [1.54, 1.807) is 17.5 Å². The zero-order valence-electron chi connectivity index (χ0n) is 10.8. The zero-order chi connectivity index (χ0) is 13.5. The van der Waals surface area contributed by atoms with E-state index in [1.165, 1.54) is 9.75 Å². The number of rotatable bonds is 5. The molecule has 0 aliphatic carbocycles. The summed E-state index contributed by atoms with van der Waals surface area (Å²) in [6.07, 6.45) is 4.35. The molecular formula is C14H17N3OS. The Morgan fingerprint density at radius 2 is 2.21 bits per heavy atom. The summed E-state index contributed by atoms with van der Waals surface area (Å²) in [5.41, 5.74) is 1.12. The van der Waals surface area contributed by atoms with Gasteiger partial charge in [-0.05, 0) is 37.1 Å². The van der Waals surface area contributed by atoms with Crippen molar-refractivity contribution in [2.45, 2.75) is 19.9 Å². The van der Waals surface area contributed by atoms with Crippen LogP contribution < -0.4 is 10.6 Å². The van der Waals surface area contributed by atoms with Crippen LogP contribution in [0.5, 0.6) is 0 Å². The first-order valence-corrected chi connectivity index (χ1v) is 7.01. The quantitative estimate of drug-likeness (QED) is 0.881. The number of thiophene rings is 1. The van der Waals surface area contributed by atoms with E-state index in [1.807, 2.05) is 24.4 Å². The summed E-state index contributed by atoms with van der Waals surface area (Å²) >= 11 is 1.70. The number of hydrogen-bond acceptors (Lipinski definition) is 3. The van der Waals surface area contributed by atoms with Gasteiger partial charge in [0.2, 0.25) is 0 Å². The van der Waals surface area contributed by atoms with Gasteiger partial charge in [-0.2, -0.15) is 0 Å². The van der Waals surface area contributed by atoms with Gasteiger partial charge in [0.15, 0.2) is 0 Å². The highest BCUT2D eigenvalue weighted by molar-refractivity contribution is 7.11. The van der Waals surface area contributed by atoms with Crippen molar-refractivity contribution in [2.75, 3.05) is 6.54 Å². The van der Waals surface area contributed by atoms with Gasteiger partial charge in [-0.1, -0.05) is 6.07 Å². The van der Waals surface area contributed by atoms with E-state index in [4.69, 9.17) is 0 Å². The smallest absolute Gasteiger partial charge is 0.315 e. The third-order valence-corrected chi connectivity index (χ3v) is 3.64. The maximum absolute atomic E-state index is 11.6. The molecule has 2 aromatic rings. The monoisotopic (exact) mass is 275 g/mol. The lowest BCUT2D eigenvalue weighted by Gasteiger charge is -2.06. The minimum atomic E-state index is -0.130. The molecule has 0 saturated carbocycles. The molecule has 0 aliphatic heterocycles. The fourth-order valence-corrected chi connectivity index (χ4v) is 2.51. The molecule has 100 valence electrons. The Hall–Kier alpha value is -1.88. The number of hydrogen-bond donors (Lipinski definition) is 2. The standard InChI is InChI=1S/C14H17N3OS/c1-11-4-5-13(19-11)10-17-14(18)16-8-6-12-3-2-7-15-9-12/h2-5,7,9H,6,8,10H2,1H3,(H2,16,17,18). The van der Waals surface area contributed by atoms with E-state index in [0.29, 0.717) is 13.1 Å². The Balaban J connectivity index is 1.65. The van der Waals surface area contributed by atoms with E-state index < -0.39 is 0 Å². The molecule has 2 rings (SSSR count). The average Bonchev–Trinajstić information content (AvgIpc) is 2.83. The normalized spacial score (nSPS) is 10.2. The predicted octanol–water partition coefficient (Wildman–Crippen LogP) is 2.49. The Labute approximate surface area is 116 Å². The molecule has 2 N–H and O–H groups in total. The van der Waals surface area contributed by atoms with Crippen LogP contribution in [0, 0.1) is 6.92 Å². The Morgan fingerprint density at radius 1 is 1.32 bits per heavy atom. The molecule has 2 amide bonds. The number of carbonyl (C=O) groups is 1.